The van der Waals surface area contributed by atoms with Gasteiger partial charge in [-0.15, -0.1) is 0 Å². The molecule has 0 bridgehead atoms. The third-order valence-corrected chi connectivity index (χ3v) is 3.08. The van der Waals surface area contributed by atoms with Gasteiger partial charge in [0.25, 0.3) is 5.91 Å². The zero-order valence-corrected chi connectivity index (χ0v) is 12.5. The van der Waals surface area contributed by atoms with Crippen LogP contribution in [-0.2, 0) is 16.1 Å². The number of carbonyl (C=O) groups is 2. The van der Waals surface area contributed by atoms with E-state index in [1.54, 1.807) is 19.2 Å². The number of hydrogen-bond donors (Lipinski definition) is 1. The van der Waals surface area contributed by atoms with Gasteiger partial charge in [-0.2, -0.15) is 0 Å². The van der Waals surface area contributed by atoms with Crippen LogP contribution in [0.2, 0.25) is 0 Å². The first kappa shape index (κ1) is 16.2. The number of amides is 1. The van der Waals surface area contributed by atoms with Gasteiger partial charge in [0.1, 0.15) is 0 Å². The van der Waals surface area contributed by atoms with Gasteiger partial charge < -0.3 is 15.0 Å². The molecule has 0 aromatic heterocycles. The average molecular weight is 278 g/mol. The molecule has 1 N–H and O–H groups in total. The molecule has 0 fully saturated rings. The summed E-state index contributed by atoms with van der Waals surface area (Å²) < 4.78 is 4.71. The van der Waals surface area contributed by atoms with E-state index >= 15 is 0 Å². The van der Waals surface area contributed by atoms with E-state index in [0.717, 1.165) is 12.1 Å². The largest absolute Gasteiger partial charge is 0.469 e. The summed E-state index contributed by atoms with van der Waals surface area (Å²) in [5.41, 5.74) is 1.74. The van der Waals surface area contributed by atoms with Crippen molar-refractivity contribution in [2.75, 3.05) is 27.7 Å². The summed E-state index contributed by atoms with van der Waals surface area (Å²) in [5.74, 6) is -0.453. The molecule has 0 saturated carbocycles. The summed E-state index contributed by atoms with van der Waals surface area (Å²) in [4.78, 5) is 24.8. The number of esters is 1. The third-order valence-electron chi connectivity index (χ3n) is 3.08. The van der Waals surface area contributed by atoms with Crippen molar-refractivity contribution < 1.29 is 14.3 Å². The third kappa shape index (κ3) is 4.66. The summed E-state index contributed by atoms with van der Waals surface area (Å²) in [7, 11) is 4.96. The minimum Gasteiger partial charge on any atom is -0.469 e. The molecule has 1 atom stereocenters. The lowest BCUT2D eigenvalue weighted by Gasteiger charge is -2.20. The zero-order chi connectivity index (χ0) is 15.1. The second kappa shape index (κ2) is 7.65. The van der Waals surface area contributed by atoms with Gasteiger partial charge in [-0.05, 0) is 24.7 Å². The maximum absolute atomic E-state index is 11.4. The number of carbonyl (C=O) groups excluding carboxylic acids is 2. The molecule has 5 heteroatoms. The molecule has 0 aliphatic carbocycles. The van der Waals surface area contributed by atoms with Crippen LogP contribution in [-0.4, -0.2) is 44.5 Å². The van der Waals surface area contributed by atoms with Gasteiger partial charge in [0.2, 0.25) is 0 Å². The van der Waals surface area contributed by atoms with Gasteiger partial charge in [-0.25, -0.2) is 0 Å². The van der Waals surface area contributed by atoms with Crippen molar-refractivity contribution in [1.29, 1.82) is 0 Å². The Labute approximate surface area is 119 Å². The van der Waals surface area contributed by atoms with Gasteiger partial charge in [-0.1, -0.05) is 19.1 Å². The van der Waals surface area contributed by atoms with Crippen LogP contribution in [0.1, 0.15) is 22.8 Å². The van der Waals surface area contributed by atoms with Gasteiger partial charge in [0, 0.05) is 25.7 Å². The van der Waals surface area contributed by atoms with Gasteiger partial charge in [0.05, 0.1) is 13.0 Å². The summed E-state index contributed by atoms with van der Waals surface area (Å²) >= 11 is 0. The molecule has 5 nitrogen and oxygen atoms in total. The summed E-state index contributed by atoms with van der Waals surface area (Å²) in [6, 6.07) is 7.44. The molecule has 1 rings (SSSR count). The van der Waals surface area contributed by atoms with E-state index in [0.29, 0.717) is 12.1 Å². The van der Waals surface area contributed by atoms with E-state index in [-0.39, 0.29) is 17.8 Å². The number of rotatable bonds is 6. The standard InChI is InChI=1S/C15H22N2O3/c1-11(15(19)20-4)9-17(3)10-12-5-7-13(8-6-12)14(18)16-2/h5-8,11H,9-10H2,1-4H3,(H,16,18). The summed E-state index contributed by atoms with van der Waals surface area (Å²) in [6.07, 6.45) is 0. The highest BCUT2D eigenvalue weighted by atomic mass is 16.5. The van der Waals surface area contributed by atoms with Crippen molar-refractivity contribution in [1.82, 2.24) is 10.2 Å². The first-order valence-corrected chi connectivity index (χ1v) is 6.55. The van der Waals surface area contributed by atoms with E-state index in [9.17, 15) is 9.59 Å². The van der Waals surface area contributed by atoms with Gasteiger partial charge in [0.15, 0.2) is 0 Å². The van der Waals surface area contributed by atoms with Crippen LogP contribution >= 0.6 is 0 Å². The maximum Gasteiger partial charge on any atom is 0.309 e. The number of hydrogen-bond acceptors (Lipinski definition) is 4. The second-order valence-corrected chi connectivity index (χ2v) is 4.90. The average Bonchev–Trinajstić information content (AvgIpc) is 2.46. The van der Waals surface area contributed by atoms with Gasteiger partial charge >= 0.3 is 5.97 Å². The fourth-order valence-electron chi connectivity index (χ4n) is 2.03. The highest BCUT2D eigenvalue weighted by Gasteiger charge is 2.15. The van der Waals surface area contributed by atoms with Crippen molar-refractivity contribution in [3.05, 3.63) is 35.4 Å². The lowest BCUT2D eigenvalue weighted by molar-refractivity contribution is -0.145. The van der Waals surface area contributed by atoms with Crippen molar-refractivity contribution in [3.8, 4) is 0 Å². The van der Waals surface area contributed by atoms with E-state index in [1.807, 2.05) is 26.1 Å². The molecule has 1 amide bonds. The van der Waals surface area contributed by atoms with Gasteiger partial charge in [-0.3, -0.25) is 9.59 Å². The predicted molar refractivity (Wildman–Crippen MR) is 77.3 cm³/mol. The predicted octanol–water partition coefficient (Wildman–Crippen LogP) is 1.29. The molecule has 20 heavy (non-hydrogen) atoms. The maximum atomic E-state index is 11.4. The van der Waals surface area contributed by atoms with E-state index < -0.39 is 0 Å². The highest BCUT2D eigenvalue weighted by Crippen LogP contribution is 2.09. The molecule has 110 valence electrons. The molecule has 0 saturated heterocycles. The van der Waals surface area contributed by atoms with E-state index in [2.05, 4.69) is 10.2 Å². The molecule has 0 aliphatic heterocycles. The smallest absolute Gasteiger partial charge is 0.309 e. The molecule has 1 aromatic carbocycles. The molecular weight excluding hydrogens is 256 g/mol. The normalized spacial score (nSPS) is 12.1. The Hall–Kier alpha value is -1.88. The van der Waals surface area contributed by atoms with Crippen LogP contribution < -0.4 is 5.32 Å². The number of benzene rings is 1. The highest BCUT2D eigenvalue weighted by molar-refractivity contribution is 5.93. The Balaban J connectivity index is 2.56. The molecular formula is C15H22N2O3. The van der Waals surface area contributed by atoms with Crippen LogP contribution in [0.25, 0.3) is 0 Å². The molecule has 0 heterocycles. The molecule has 0 aliphatic rings. The first-order chi connectivity index (χ1) is 9.47. The Kier molecular flexibility index (Phi) is 6.18. The molecule has 1 aromatic rings. The van der Waals surface area contributed by atoms with Crippen molar-refractivity contribution in [3.63, 3.8) is 0 Å². The van der Waals surface area contributed by atoms with Crippen molar-refractivity contribution in [2.45, 2.75) is 13.5 Å². The Bertz CT molecular complexity index is 457. The summed E-state index contributed by atoms with van der Waals surface area (Å²) in [6.45, 7) is 3.19. The van der Waals surface area contributed by atoms with E-state index in [1.165, 1.54) is 7.11 Å². The quantitative estimate of drug-likeness (QED) is 0.797. The SMILES string of the molecule is CNC(=O)c1ccc(CN(C)CC(C)C(=O)OC)cc1. The van der Waals surface area contributed by atoms with Crippen LogP contribution in [0.3, 0.4) is 0 Å². The van der Waals surface area contributed by atoms with Crippen LogP contribution in [0.4, 0.5) is 0 Å². The fourth-order valence-corrected chi connectivity index (χ4v) is 2.03. The monoisotopic (exact) mass is 278 g/mol. The zero-order valence-electron chi connectivity index (χ0n) is 12.5. The van der Waals surface area contributed by atoms with Crippen LogP contribution in [0.5, 0.6) is 0 Å². The lowest BCUT2D eigenvalue weighted by Crippen LogP contribution is -2.29. The summed E-state index contributed by atoms with van der Waals surface area (Å²) in [5, 5.41) is 2.59. The lowest BCUT2D eigenvalue weighted by atomic mass is 10.1. The minimum atomic E-state index is -0.202. The number of nitrogens with zero attached hydrogens (tertiary/aromatic N) is 1. The Morgan fingerprint density at radius 1 is 1.30 bits per heavy atom. The molecule has 0 spiro atoms. The van der Waals surface area contributed by atoms with Crippen LogP contribution in [0.15, 0.2) is 24.3 Å². The van der Waals surface area contributed by atoms with Crippen molar-refractivity contribution in [2.24, 2.45) is 5.92 Å². The minimum absolute atomic E-state index is 0.0933. The van der Waals surface area contributed by atoms with Crippen molar-refractivity contribution >= 4 is 11.9 Å². The fraction of sp³-hybridized carbons (Fsp3) is 0.467. The Morgan fingerprint density at radius 3 is 2.40 bits per heavy atom. The molecule has 0 radical (unpaired) electrons. The number of nitrogens with one attached hydrogen (secondary N) is 1. The number of ether oxygens (including phenoxy) is 1. The second-order valence-electron chi connectivity index (χ2n) is 4.90. The van der Waals surface area contributed by atoms with E-state index in [4.69, 9.17) is 4.74 Å². The topological polar surface area (TPSA) is 58.6 Å². The molecule has 1 unspecified atom stereocenters. The number of methoxy groups -OCH3 is 1. The first-order valence-electron chi connectivity index (χ1n) is 6.55. The van der Waals surface area contributed by atoms with Crippen LogP contribution in [0, 0.1) is 5.92 Å². The Morgan fingerprint density at radius 2 is 1.90 bits per heavy atom.